The molecule has 1 aliphatic heterocycles. The molecule has 0 bridgehead atoms. The SMILES string of the molecule is CC(C)(C)c1ccc(-c2ccccc2C(=O)Nc2nc(-c3ccccc3C(=O)N[C@H](C(=O)N3CCCC3)c3ccccc3)cs2)cc1.CC(C)(C)c1ccc(-c2ccccc2C(=O)Nc2nc(-c3ccccc3C(=O)O)cs2)cc1. The molecular weight excluding hydrogens is 1040 g/mol. The molecule has 0 aliphatic carbocycles. The molecule has 2 aromatic heterocycles. The Kier molecular flexibility index (Phi) is 17.1. The Morgan fingerprint density at radius 3 is 1.27 bits per heavy atom. The monoisotopic (exact) mass is 1100 g/mol. The number of hydrogen-bond acceptors (Lipinski definition) is 9. The van der Waals surface area contributed by atoms with Gasteiger partial charge in [-0.1, -0.05) is 193 Å². The van der Waals surface area contributed by atoms with E-state index in [9.17, 15) is 29.1 Å². The summed E-state index contributed by atoms with van der Waals surface area (Å²) in [7, 11) is 0. The van der Waals surface area contributed by atoms with Gasteiger partial charge in [-0.25, -0.2) is 14.8 Å². The van der Waals surface area contributed by atoms with Gasteiger partial charge in [0, 0.05) is 51.7 Å². The summed E-state index contributed by atoms with van der Waals surface area (Å²) in [6.07, 6.45) is 1.92. The van der Waals surface area contributed by atoms with Crippen LogP contribution in [0.1, 0.15) is 119 Å². The second-order valence-corrected chi connectivity index (χ2v) is 23.2. The molecule has 0 radical (unpaired) electrons. The van der Waals surface area contributed by atoms with Crippen molar-refractivity contribution in [2.45, 2.75) is 71.3 Å². The number of nitrogens with one attached hydrogen (secondary N) is 3. The molecule has 4 N–H and O–H groups in total. The highest BCUT2D eigenvalue weighted by atomic mass is 32.1. The van der Waals surface area contributed by atoms with E-state index in [-0.39, 0.29) is 40.0 Å². The Labute approximate surface area is 474 Å². The van der Waals surface area contributed by atoms with Gasteiger partial charge in [-0.3, -0.25) is 29.8 Å². The number of likely N-dealkylation sites (tertiary alicyclic amines) is 1. The number of carbonyl (C=O) groups is 5. The third-order valence-electron chi connectivity index (χ3n) is 13.9. The lowest BCUT2D eigenvalue weighted by Crippen LogP contribution is -2.42. The highest BCUT2D eigenvalue weighted by molar-refractivity contribution is 7.14. The number of aromatic nitrogens is 2. The summed E-state index contributed by atoms with van der Waals surface area (Å²) in [5, 5.41) is 22.7. The number of carboxylic acids is 1. The molecule has 1 fully saturated rings. The predicted octanol–water partition coefficient (Wildman–Crippen LogP) is 14.8. The first-order chi connectivity index (χ1) is 38.4. The van der Waals surface area contributed by atoms with Crippen molar-refractivity contribution in [2.75, 3.05) is 23.7 Å². The normalized spacial score (nSPS) is 12.7. The molecule has 14 heteroatoms. The minimum Gasteiger partial charge on any atom is -0.478 e. The highest BCUT2D eigenvalue weighted by Crippen LogP contribution is 2.34. The molecule has 3 heterocycles. The van der Waals surface area contributed by atoms with E-state index in [1.54, 1.807) is 41.8 Å². The third kappa shape index (κ3) is 13.2. The largest absolute Gasteiger partial charge is 0.478 e. The fourth-order valence-electron chi connectivity index (χ4n) is 9.46. The number of hydrogen-bond donors (Lipinski definition) is 4. The molecule has 1 saturated heterocycles. The minimum atomic E-state index is -1.02. The van der Waals surface area contributed by atoms with Gasteiger partial charge in [0.2, 0.25) is 5.91 Å². The number of amides is 4. The molecule has 12 nitrogen and oxygen atoms in total. The lowest BCUT2D eigenvalue weighted by atomic mass is 9.86. The number of aromatic carboxylic acids is 1. The van der Waals surface area contributed by atoms with Gasteiger partial charge in [-0.05, 0) is 86.9 Å². The topological polar surface area (TPSA) is 171 Å². The molecule has 404 valence electrons. The molecule has 9 aromatic rings. The Bertz CT molecular complexity index is 3680. The van der Waals surface area contributed by atoms with E-state index in [4.69, 9.17) is 4.98 Å². The summed E-state index contributed by atoms with van der Waals surface area (Å²) in [6, 6.07) is 54.0. The molecule has 1 aliphatic rings. The lowest BCUT2D eigenvalue weighted by Gasteiger charge is -2.24. The summed E-state index contributed by atoms with van der Waals surface area (Å²) in [5.41, 5.74) is 10.7. The molecule has 0 saturated carbocycles. The number of thiazole rings is 2. The standard InChI is InChI=1S/C39H38N4O3S.C27H24N2O3S/c1-39(2,3)28-21-19-26(20-22-28)29-15-7-9-17-31(29)36(45)42-38-40-33(25-47-38)30-16-8-10-18-32(30)35(44)41-34(27-13-5-4-6-14-27)37(46)43-23-11-12-24-43;1-27(2,3)18-14-12-17(13-15-18)19-8-4-6-10-21(19)24(30)29-26-28-23(16-33-26)20-9-5-7-11-22(20)25(31)32/h4-10,13-22,25,34H,11-12,23-24H2,1-3H3,(H,41,44)(H,40,42,45);4-16H,1-3H3,(H,31,32)(H,28,29,30)/t34-;/m0./s1. The average Bonchev–Trinajstić information content (AvgIpc) is 4.29. The summed E-state index contributed by atoms with van der Waals surface area (Å²) in [4.78, 5) is 76.4. The van der Waals surface area contributed by atoms with Gasteiger partial charge in [-0.15, -0.1) is 22.7 Å². The first kappa shape index (κ1) is 55.9. The predicted molar refractivity (Wildman–Crippen MR) is 322 cm³/mol. The summed E-state index contributed by atoms with van der Waals surface area (Å²) >= 11 is 2.55. The molecule has 10 rings (SSSR count). The Hall–Kier alpha value is -8.85. The van der Waals surface area contributed by atoms with Crippen LogP contribution in [0.5, 0.6) is 0 Å². The van der Waals surface area contributed by atoms with E-state index >= 15 is 0 Å². The van der Waals surface area contributed by atoms with Gasteiger partial charge in [0.15, 0.2) is 10.3 Å². The van der Waals surface area contributed by atoms with Gasteiger partial charge in [0.05, 0.1) is 17.0 Å². The number of rotatable bonds is 13. The Morgan fingerprint density at radius 1 is 0.475 bits per heavy atom. The van der Waals surface area contributed by atoms with Crippen LogP contribution in [0, 0.1) is 0 Å². The van der Waals surface area contributed by atoms with Crippen molar-refractivity contribution in [1.29, 1.82) is 0 Å². The van der Waals surface area contributed by atoms with Crippen LogP contribution >= 0.6 is 22.7 Å². The Balaban J connectivity index is 0.000000206. The van der Waals surface area contributed by atoms with Crippen molar-refractivity contribution in [3.8, 4) is 44.8 Å². The fraction of sp³-hybridized carbons (Fsp3) is 0.197. The van der Waals surface area contributed by atoms with Crippen LogP contribution in [0.2, 0.25) is 0 Å². The van der Waals surface area contributed by atoms with E-state index < -0.39 is 12.0 Å². The maximum Gasteiger partial charge on any atom is 0.336 e. The van der Waals surface area contributed by atoms with Crippen molar-refractivity contribution in [1.82, 2.24) is 20.2 Å². The third-order valence-corrected chi connectivity index (χ3v) is 15.4. The molecule has 1 atom stereocenters. The van der Waals surface area contributed by atoms with Crippen LogP contribution in [0.3, 0.4) is 0 Å². The zero-order valence-electron chi connectivity index (χ0n) is 45.5. The maximum absolute atomic E-state index is 13.8. The second kappa shape index (κ2) is 24.4. The zero-order valence-corrected chi connectivity index (χ0v) is 47.1. The number of benzene rings is 7. The Morgan fingerprint density at radius 2 is 0.850 bits per heavy atom. The van der Waals surface area contributed by atoms with Crippen molar-refractivity contribution < 1.29 is 29.1 Å². The van der Waals surface area contributed by atoms with E-state index in [0.29, 0.717) is 62.6 Å². The van der Waals surface area contributed by atoms with E-state index in [0.717, 1.165) is 40.7 Å². The van der Waals surface area contributed by atoms with Crippen molar-refractivity contribution in [2.24, 2.45) is 0 Å². The number of carboxylic acid groups (broad SMARTS) is 1. The van der Waals surface area contributed by atoms with E-state index in [1.165, 1.54) is 39.9 Å². The molecule has 4 amide bonds. The lowest BCUT2D eigenvalue weighted by molar-refractivity contribution is -0.132. The fourth-order valence-corrected chi connectivity index (χ4v) is 10.9. The van der Waals surface area contributed by atoms with E-state index in [2.05, 4.69) is 98.9 Å². The van der Waals surface area contributed by atoms with Crippen LogP contribution in [0.25, 0.3) is 44.8 Å². The van der Waals surface area contributed by atoms with Crippen molar-refractivity contribution >= 4 is 62.5 Å². The first-order valence-electron chi connectivity index (χ1n) is 26.4. The average molecular weight is 1100 g/mol. The van der Waals surface area contributed by atoms with Gasteiger partial charge >= 0.3 is 5.97 Å². The smallest absolute Gasteiger partial charge is 0.336 e. The summed E-state index contributed by atoms with van der Waals surface area (Å²) in [6.45, 7) is 14.4. The van der Waals surface area contributed by atoms with Crippen LogP contribution in [-0.2, 0) is 15.6 Å². The number of carbonyl (C=O) groups excluding carboxylic acids is 4. The second-order valence-electron chi connectivity index (χ2n) is 21.5. The van der Waals surface area contributed by atoms with Gasteiger partial charge in [0.1, 0.15) is 6.04 Å². The van der Waals surface area contributed by atoms with Gasteiger partial charge in [0.25, 0.3) is 17.7 Å². The van der Waals surface area contributed by atoms with Crippen molar-refractivity contribution in [3.63, 3.8) is 0 Å². The molecule has 7 aromatic carbocycles. The van der Waals surface area contributed by atoms with Crippen LogP contribution in [0.15, 0.2) is 187 Å². The zero-order chi connectivity index (χ0) is 56.6. The van der Waals surface area contributed by atoms with Crippen LogP contribution in [0.4, 0.5) is 10.3 Å². The first-order valence-corrected chi connectivity index (χ1v) is 28.2. The van der Waals surface area contributed by atoms with Crippen molar-refractivity contribution in [3.05, 3.63) is 226 Å². The molecule has 0 spiro atoms. The molecular formula is C66H62N6O6S2. The molecule has 80 heavy (non-hydrogen) atoms. The highest BCUT2D eigenvalue weighted by Gasteiger charge is 2.30. The minimum absolute atomic E-state index is 0.0336. The van der Waals surface area contributed by atoms with Gasteiger partial charge in [-0.2, -0.15) is 0 Å². The molecule has 0 unspecified atom stereocenters. The summed E-state index contributed by atoms with van der Waals surface area (Å²) in [5.74, 6) is -2.03. The number of nitrogens with zero attached hydrogens (tertiary/aromatic N) is 3. The van der Waals surface area contributed by atoms with Gasteiger partial charge < -0.3 is 15.3 Å². The van der Waals surface area contributed by atoms with Crippen LogP contribution in [-0.4, -0.2) is 62.7 Å². The summed E-state index contributed by atoms with van der Waals surface area (Å²) < 4.78 is 0. The maximum atomic E-state index is 13.8. The van der Waals surface area contributed by atoms with Crippen LogP contribution < -0.4 is 16.0 Å². The number of anilines is 2. The quantitative estimate of drug-likeness (QED) is 0.0884. The van der Waals surface area contributed by atoms with E-state index in [1.807, 2.05) is 107 Å².